The molecule has 0 aliphatic heterocycles. The summed E-state index contributed by atoms with van der Waals surface area (Å²) in [4.78, 5) is 15.5. The zero-order chi connectivity index (χ0) is 18.4. The molecule has 0 amide bonds. The van der Waals surface area contributed by atoms with E-state index in [1.807, 2.05) is 0 Å². The van der Waals surface area contributed by atoms with Gasteiger partial charge in [-0.15, -0.1) is 0 Å². The maximum absolute atomic E-state index is 12.7. The van der Waals surface area contributed by atoms with E-state index in [9.17, 15) is 13.2 Å². The predicted octanol–water partition coefficient (Wildman–Crippen LogP) is 2.08. The van der Waals surface area contributed by atoms with Crippen LogP contribution < -0.4 is 14.2 Å². The number of benzene rings is 1. The van der Waals surface area contributed by atoms with Crippen LogP contribution in [-0.4, -0.2) is 40.2 Å². The number of carbonyl (C=O) groups excluding carboxylic acids is 1. The van der Waals surface area contributed by atoms with Crippen molar-refractivity contribution < 1.29 is 27.4 Å². The first-order valence-corrected chi connectivity index (χ1v) is 8.76. The molecule has 2 rings (SSSR count). The molecular formula is C16H18N2O6S. The number of pyridine rings is 1. The Morgan fingerprint density at radius 3 is 2.56 bits per heavy atom. The summed E-state index contributed by atoms with van der Waals surface area (Å²) in [6.07, 6.45) is 2.58. The maximum atomic E-state index is 12.7. The quantitative estimate of drug-likeness (QED) is 0.748. The highest BCUT2D eigenvalue weighted by Gasteiger charge is 2.21. The molecule has 0 fully saturated rings. The van der Waals surface area contributed by atoms with Crippen molar-refractivity contribution in [1.29, 1.82) is 0 Å². The molecule has 134 valence electrons. The first-order valence-electron chi connectivity index (χ1n) is 7.28. The zero-order valence-corrected chi connectivity index (χ0v) is 14.8. The van der Waals surface area contributed by atoms with Crippen molar-refractivity contribution in [2.45, 2.75) is 11.8 Å². The molecule has 9 heteroatoms. The number of rotatable bonds is 7. The van der Waals surface area contributed by atoms with Gasteiger partial charge in [-0.2, -0.15) is 0 Å². The molecule has 0 unspecified atom stereocenters. The number of nitrogens with one attached hydrogen (secondary N) is 1. The zero-order valence-electron chi connectivity index (χ0n) is 14.0. The molecule has 1 heterocycles. The molecule has 0 saturated heterocycles. The van der Waals surface area contributed by atoms with Gasteiger partial charge < -0.3 is 14.2 Å². The van der Waals surface area contributed by atoms with E-state index < -0.39 is 16.0 Å². The highest BCUT2D eigenvalue weighted by Crippen LogP contribution is 2.29. The van der Waals surface area contributed by atoms with Crippen LogP contribution in [0.15, 0.2) is 41.6 Å². The Balaban J connectivity index is 2.36. The molecule has 25 heavy (non-hydrogen) atoms. The molecule has 1 aromatic heterocycles. The van der Waals surface area contributed by atoms with E-state index in [1.54, 1.807) is 13.0 Å². The summed E-state index contributed by atoms with van der Waals surface area (Å²) in [5.41, 5.74) is 0.259. The van der Waals surface area contributed by atoms with Crippen LogP contribution in [0.25, 0.3) is 0 Å². The second-order valence-electron chi connectivity index (χ2n) is 4.81. The number of anilines is 1. The highest BCUT2D eigenvalue weighted by molar-refractivity contribution is 7.92. The van der Waals surface area contributed by atoms with Crippen LogP contribution in [0.5, 0.6) is 11.5 Å². The molecule has 1 N–H and O–H groups in total. The molecule has 0 saturated carbocycles. The Labute approximate surface area is 145 Å². The fourth-order valence-corrected chi connectivity index (χ4v) is 3.25. The van der Waals surface area contributed by atoms with Gasteiger partial charge in [-0.05, 0) is 25.1 Å². The minimum absolute atomic E-state index is 0.101. The minimum atomic E-state index is -3.99. The lowest BCUT2D eigenvalue weighted by atomic mass is 10.3. The molecule has 8 nitrogen and oxygen atoms in total. The summed E-state index contributed by atoms with van der Waals surface area (Å²) in [7, 11) is -1.20. The molecule has 2 aromatic rings. The topological polar surface area (TPSA) is 104 Å². The van der Waals surface area contributed by atoms with Crippen molar-refractivity contribution in [3.05, 3.63) is 42.2 Å². The second-order valence-corrected chi connectivity index (χ2v) is 6.46. The summed E-state index contributed by atoms with van der Waals surface area (Å²) >= 11 is 0. The van der Waals surface area contributed by atoms with E-state index in [2.05, 4.69) is 9.71 Å². The maximum Gasteiger partial charge on any atom is 0.339 e. The van der Waals surface area contributed by atoms with Crippen molar-refractivity contribution in [3.63, 3.8) is 0 Å². The fourth-order valence-electron chi connectivity index (χ4n) is 2.03. The van der Waals surface area contributed by atoms with Crippen LogP contribution in [-0.2, 0) is 14.8 Å². The van der Waals surface area contributed by atoms with Gasteiger partial charge in [0.1, 0.15) is 16.4 Å². The lowest BCUT2D eigenvalue weighted by Crippen LogP contribution is -2.15. The van der Waals surface area contributed by atoms with E-state index >= 15 is 0 Å². The smallest absolute Gasteiger partial charge is 0.339 e. The number of hydrogen-bond donors (Lipinski definition) is 1. The van der Waals surface area contributed by atoms with Gasteiger partial charge in [0.2, 0.25) is 0 Å². The summed E-state index contributed by atoms with van der Waals surface area (Å²) in [5.74, 6) is -0.0719. The number of carbonyl (C=O) groups is 1. The molecule has 0 spiro atoms. The van der Waals surface area contributed by atoms with Crippen molar-refractivity contribution in [3.8, 4) is 11.5 Å². The number of ether oxygens (including phenoxy) is 3. The molecule has 0 atom stereocenters. The number of aromatic nitrogens is 1. The summed E-state index contributed by atoms with van der Waals surface area (Å²) in [6.45, 7) is 1.88. The Morgan fingerprint density at radius 2 is 1.92 bits per heavy atom. The lowest BCUT2D eigenvalue weighted by molar-refractivity contribution is 0.0526. The fraction of sp³-hybridized carbons (Fsp3) is 0.250. The van der Waals surface area contributed by atoms with Crippen molar-refractivity contribution >= 4 is 21.7 Å². The predicted molar refractivity (Wildman–Crippen MR) is 90.5 cm³/mol. The largest absolute Gasteiger partial charge is 0.497 e. The van der Waals surface area contributed by atoms with Gasteiger partial charge in [-0.25, -0.2) is 13.2 Å². The van der Waals surface area contributed by atoms with Crippen LogP contribution in [0.1, 0.15) is 17.3 Å². The first kappa shape index (κ1) is 18.5. The van der Waals surface area contributed by atoms with Gasteiger partial charge in [-0.3, -0.25) is 9.71 Å². The lowest BCUT2D eigenvalue weighted by Gasteiger charge is -2.13. The number of sulfonamides is 1. The van der Waals surface area contributed by atoms with Crippen LogP contribution in [0.2, 0.25) is 0 Å². The minimum Gasteiger partial charge on any atom is -0.497 e. The molecule has 1 aromatic carbocycles. The van der Waals surface area contributed by atoms with E-state index in [-0.39, 0.29) is 28.5 Å². The Kier molecular flexibility index (Phi) is 5.81. The van der Waals surface area contributed by atoms with Crippen LogP contribution >= 0.6 is 0 Å². The molecule has 0 radical (unpaired) electrons. The molecule has 0 bridgehead atoms. The average Bonchev–Trinajstić information content (AvgIpc) is 2.61. The highest BCUT2D eigenvalue weighted by atomic mass is 32.2. The van der Waals surface area contributed by atoms with Gasteiger partial charge in [-0.1, -0.05) is 0 Å². The average molecular weight is 366 g/mol. The second kappa shape index (κ2) is 7.84. The molecule has 0 aliphatic rings. The summed E-state index contributed by atoms with van der Waals surface area (Å²) < 4.78 is 42.7. The van der Waals surface area contributed by atoms with E-state index in [4.69, 9.17) is 14.2 Å². The van der Waals surface area contributed by atoms with Gasteiger partial charge in [0.25, 0.3) is 10.0 Å². The van der Waals surface area contributed by atoms with Crippen molar-refractivity contribution in [2.75, 3.05) is 25.5 Å². The number of nitrogens with zero attached hydrogens (tertiary/aromatic N) is 1. The third-order valence-electron chi connectivity index (χ3n) is 3.16. The van der Waals surface area contributed by atoms with Crippen molar-refractivity contribution in [1.82, 2.24) is 4.98 Å². The van der Waals surface area contributed by atoms with Crippen LogP contribution in [0.4, 0.5) is 5.69 Å². The number of hydrogen-bond acceptors (Lipinski definition) is 7. The van der Waals surface area contributed by atoms with Gasteiger partial charge in [0.05, 0.1) is 38.3 Å². The van der Waals surface area contributed by atoms with Gasteiger partial charge >= 0.3 is 5.97 Å². The SMILES string of the molecule is CCOC(=O)c1cncc(NS(=O)(=O)c2cc(OC)ccc2OC)c1. The van der Waals surface area contributed by atoms with E-state index in [0.29, 0.717) is 5.75 Å². The normalized spacial score (nSPS) is 10.8. The Morgan fingerprint density at radius 1 is 1.16 bits per heavy atom. The summed E-state index contributed by atoms with van der Waals surface area (Å²) in [5, 5.41) is 0. The van der Waals surface area contributed by atoms with Crippen molar-refractivity contribution in [2.24, 2.45) is 0 Å². The number of esters is 1. The Bertz CT molecular complexity index is 867. The van der Waals surface area contributed by atoms with Crippen LogP contribution in [0, 0.1) is 0 Å². The number of methoxy groups -OCH3 is 2. The Hall–Kier alpha value is -2.81. The molecular weight excluding hydrogens is 348 g/mol. The third-order valence-corrected chi connectivity index (χ3v) is 4.56. The van der Waals surface area contributed by atoms with Crippen LogP contribution in [0.3, 0.4) is 0 Å². The first-order chi connectivity index (χ1) is 11.9. The third kappa shape index (κ3) is 4.38. The van der Waals surface area contributed by atoms with E-state index in [1.165, 1.54) is 44.8 Å². The van der Waals surface area contributed by atoms with Gasteiger partial charge in [0, 0.05) is 12.3 Å². The summed E-state index contributed by atoms with van der Waals surface area (Å²) in [6, 6.07) is 5.75. The van der Waals surface area contributed by atoms with E-state index in [0.717, 1.165) is 0 Å². The standard InChI is InChI=1S/C16H18N2O6S/c1-4-24-16(19)11-7-12(10-17-9-11)18-25(20,21)15-8-13(22-2)5-6-14(15)23-3/h5-10,18H,4H2,1-3H3. The molecule has 0 aliphatic carbocycles. The monoisotopic (exact) mass is 366 g/mol. The van der Waals surface area contributed by atoms with Gasteiger partial charge in [0.15, 0.2) is 0 Å².